The zero-order chi connectivity index (χ0) is 15.5. The minimum atomic E-state index is -3.70. The third-order valence-electron chi connectivity index (χ3n) is 2.69. The minimum absolute atomic E-state index is 0.0310. The fourth-order valence-corrected chi connectivity index (χ4v) is 2.90. The van der Waals surface area contributed by atoms with Crippen molar-refractivity contribution in [2.45, 2.75) is 18.2 Å². The van der Waals surface area contributed by atoms with Crippen LogP contribution in [0.3, 0.4) is 0 Å². The molecular weight excluding hydrogens is 296 g/mol. The number of rotatable bonds is 6. The predicted octanol–water partition coefficient (Wildman–Crippen LogP) is 0.490. The molecule has 3 N–H and O–H groups in total. The Hall–Kier alpha value is -2.13. The van der Waals surface area contributed by atoms with Gasteiger partial charge in [0.1, 0.15) is 10.6 Å². The summed E-state index contributed by atoms with van der Waals surface area (Å²) in [6.45, 7) is 1.81. The molecular formula is C12H16N4O4S. The van der Waals surface area contributed by atoms with Crippen molar-refractivity contribution in [3.8, 4) is 5.75 Å². The molecule has 21 heavy (non-hydrogen) atoms. The summed E-state index contributed by atoms with van der Waals surface area (Å²) in [5, 5.41) is 3.69. The minimum Gasteiger partial charge on any atom is -0.495 e. The highest BCUT2D eigenvalue weighted by molar-refractivity contribution is 7.89. The first kappa shape index (κ1) is 15.3. The first-order valence-corrected chi connectivity index (χ1v) is 7.63. The van der Waals surface area contributed by atoms with Gasteiger partial charge in [-0.3, -0.25) is 0 Å². The van der Waals surface area contributed by atoms with Crippen LogP contribution in [0.2, 0.25) is 0 Å². The molecule has 9 heteroatoms. The Balaban J connectivity index is 2.08. The fraction of sp³-hybridized carbons (Fsp3) is 0.333. The van der Waals surface area contributed by atoms with Crippen molar-refractivity contribution >= 4 is 15.7 Å². The second-order valence-electron chi connectivity index (χ2n) is 4.29. The van der Waals surface area contributed by atoms with Crippen molar-refractivity contribution in [3.63, 3.8) is 0 Å². The van der Waals surface area contributed by atoms with Gasteiger partial charge in [0.2, 0.25) is 15.9 Å². The molecule has 8 nitrogen and oxygen atoms in total. The molecule has 1 aromatic heterocycles. The Morgan fingerprint density at radius 2 is 2.19 bits per heavy atom. The van der Waals surface area contributed by atoms with Gasteiger partial charge in [-0.15, -0.1) is 0 Å². The highest BCUT2D eigenvalue weighted by Gasteiger charge is 2.19. The van der Waals surface area contributed by atoms with E-state index >= 15 is 0 Å². The Morgan fingerprint density at radius 3 is 2.81 bits per heavy atom. The van der Waals surface area contributed by atoms with E-state index in [1.54, 1.807) is 6.92 Å². The van der Waals surface area contributed by atoms with E-state index in [0.29, 0.717) is 23.8 Å². The van der Waals surface area contributed by atoms with Gasteiger partial charge in [-0.1, -0.05) is 5.16 Å². The number of aryl methyl sites for hydroxylation is 1. The van der Waals surface area contributed by atoms with Gasteiger partial charge in [0, 0.05) is 31.6 Å². The molecule has 114 valence electrons. The van der Waals surface area contributed by atoms with E-state index in [1.165, 1.54) is 25.3 Å². The van der Waals surface area contributed by atoms with Gasteiger partial charge in [0.25, 0.3) is 0 Å². The topological polar surface area (TPSA) is 120 Å². The van der Waals surface area contributed by atoms with Crippen molar-refractivity contribution in [3.05, 3.63) is 29.9 Å². The van der Waals surface area contributed by atoms with E-state index in [-0.39, 0.29) is 17.2 Å². The Kier molecular flexibility index (Phi) is 4.43. The lowest BCUT2D eigenvalue weighted by Crippen LogP contribution is -2.26. The standard InChI is InChI=1S/C12H16N4O4S/c1-8-15-12(16-20-8)5-6-14-21(17,18)11-4-3-9(13)7-10(11)19-2/h3-4,7,14H,5-6,13H2,1-2H3. The normalized spacial score (nSPS) is 11.5. The molecule has 0 atom stereocenters. The van der Waals surface area contributed by atoms with Gasteiger partial charge < -0.3 is 15.0 Å². The molecule has 2 rings (SSSR count). The van der Waals surface area contributed by atoms with Gasteiger partial charge in [0.15, 0.2) is 5.82 Å². The molecule has 0 saturated heterocycles. The molecule has 0 saturated carbocycles. The van der Waals surface area contributed by atoms with Crippen LogP contribution in [0.5, 0.6) is 5.75 Å². The first-order chi connectivity index (χ1) is 9.92. The number of nitrogen functional groups attached to an aromatic ring is 1. The number of aromatic nitrogens is 2. The van der Waals surface area contributed by atoms with Crippen LogP contribution in [0.4, 0.5) is 5.69 Å². The zero-order valence-electron chi connectivity index (χ0n) is 11.7. The maximum Gasteiger partial charge on any atom is 0.244 e. The van der Waals surface area contributed by atoms with E-state index in [2.05, 4.69) is 14.9 Å². The maximum absolute atomic E-state index is 12.2. The summed E-state index contributed by atoms with van der Waals surface area (Å²) < 4.78 is 36.8. The van der Waals surface area contributed by atoms with Gasteiger partial charge in [-0.2, -0.15) is 4.98 Å². The van der Waals surface area contributed by atoms with E-state index in [1.807, 2.05) is 0 Å². The molecule has 0 aliphatic rings. The van der Waals surface area contributed by atoms with Crippen LogP contribution in [0.15, 0.2) is 27.6 Å². The summed E-state index contributed by atoms with van der Waals surface area (Å²) in [6, 6.07) is 4.35. The number of nitrogens with two attached hydrogens (primary N) is 1. The van der Waals surface area contributed by atoms with Crippen molar-refractivity contribution in [2.75, 3.05) is 19.4 Å². The maximum atomic E-state index is 12.2. The van der Waals surface area contributed by atoms with Gasteiger partial charge >= 0.3 is 0 Å². The molecule has 2 aromatic rings. The molecule has 0 fully saturated rings. The molecule has 0 aliphatic heterocycles. The van der Waals surface area contributed by atoms with Crippen LogP contribution < -0.4 is 15.2 Å². The molecule has 0 aliphatic carbocycles. The van der Waals surface area contributed by atoms with Gasteiger partial charge in [-0.25, -0.2) is 13.1 Å². The molecule has 0 bridgehead atoms. The van der Waals surface area contributed by atoms with Crippen LogP contribution in [0, 0.1) is 6.92 Å². The van der Waals surface area contributed by atoms with Crippen LogP contribution in [0.25, 0.3) is 0 Å². The number of nitrogens with zero attached hydrogens (tertiary/aromatic N) is 2. The third kappa shape index (κ3) is 3.70. The van der Waals surface area contributed by atoms with Gasteiger partial charge in [-0.05, 0) is 12.1 Å². The average molecular weight is 312 g/mol. The van der Waals surface area contributed by atoms with E-state index < -0.39 is 10.0 Å². The molecule has 0 unspecified atom stereocenters. The summed E-state index contributed by atoms with van der Waals surface area (Å²) in [5.41, 5.74) is 6.03. The number of hydrogen-bond acceptors (Lipinski definition) is 7. The molecule has 0 radical (unpaired) electrons. The smallest absolute Gasteiger partial charge is 0.244 e. The molecule has 0 amide bonds. The molecule has 1 heterocycles. The second kappa shape index (κ2) is 6.10. The van der Waals surface area contributed by atoms with E-state index in [4.69, 9.17) is 15.0 Å². The predicted molar refractivity (Wildman–Crippen MR) is 75.3 cm³/mol. The first-order valence-electron chi connectivity index (χ1n) is 6.15. The third-order valence-corrected chi connectivity index (χ3v) is 4.19. The molecule has 1 aromatic carbocycles. The van der Waals surface area contributed by atoms with Crippen LogP contribution in [0.1, 0.15) is 11.7 Å². The Morgan fingerprint density at radius 1 is 1.43 bits per heavy atom. The summed E-state index contributed by atoms with van der Waals surface area (Å²) in [5.74, 6) is 1.07. The summed E-state index contributed by atoms with van der Waals surface area (Å²) in [6.07, 6.45) is 0.327. The number of methoxy groups -OCH3 is 1. The van der Waals surface area contributed by atoms with Crippen LogP contribution in [-0.4, -0.2) is 32.2 Å². The van der Waals surface area contributed by atoms with Crippen molar-refractivity contribution < 1.29 is 17.7 Å². The molecule has 0 spiro atoms. The number of anilines is 1. The second-order valence-corrected chi connectivity index (χ2v) is 6.02. The summed E-state index contributed by atoms with van der Waals surface area (Å²) in [7, 11) is -2.32. The van der Waals surface area contributed by atoms with Crippen molar-refractivity contribution in [2.24, 2.45) is 0 Å². The number of benzene rings is 1. The average Bonchev–Trinajstić information content (AvgIpc) is 2.83. The highest BCUT2D eigenvalue weighted by Crippen LogP contribution is 2.25. The van der Waals surface area contributed by atoms with Crippen molar-refractivity contribution in [1.82, 2.24) is 14.9 Å². The zero-order valence-corrected chi connectivity index (χ0v) is 12.5. The lowest BCUT2D eigenvalue weighted by atomic mass is 10.3. The highest BCUT2D eigenvalue weighted by atomic mass is 32.2. The van der Waals surface area contributed by atoms with Crippen LogP contribution in [-0.2, 0) is 16.4 Å². The van der Waals surface area contributed by atoms with Crippen LogP contribution >= 0.6 is 0 Å². The SMILES string of the molecule is COc1cc(N)ccc1S(=O)(=O)NCCc1noc(C)n1. The largest absolute Gasteiger partial charge is 0.495 e. The summed E-state index contributed by atoms with van der Waals surface area (Å²) >= 11 is 0. The quantitative estimate of drug-likeness (QED) is 0.745. The number of hydrogen-bond donors (Lipinski definition) is 2. The summed E-state index contributed by atoms with van der Waals surface area (Å²) in [4.78, 5) is 4.03. The monoisotopic (exact) mass is 312 g/mol. The fourth-order valence-electron chi connectivity index (χ4n) is 1.72. The number of sulfonamides is 1. The van der Waals surface area contributed by atoms with E-state index in [0.717, 1.165) is 0 Å². The lowest BCUT2D eigenvalue weighted by Gasteiger charge is -2.10. The Bertz CT molecular complexity index is 727. The van der Waals surface area contributed by atoms with Crippen molar-refractivity contribution in [1.29, 1.82) is 0 Å². The number of ether oxygens (including phenoxy) is 1. The Labute approximate surface area is 122 Å². The lowest BCUT2D eigenvalue weighted by molar-refractivity contribution is 0.387. The number of nitrogens with one attached hydrogen (secondary N) is 1. The van der Waals surface area contributed by atoms with E-state index in [9.17, 15) is 8.42 Å². The van der Waals surface area contributed by atoms with Gasteiger partial charge in [0.05, 0.1) is 7.11 Å².